The van der Waals surface area contributed by atoms with Crippen LogP contribution in [-0.2, 0) is 32.6 Å². The molecule has 0 fully saturated rings. The second kappa shape index (κ2) is 15.4. The maximum absolute atomic E-state index is 13.9. The van der Waals surface area contributed by atoms with E-state index in [9.17, 15) is 18.0 Å². The number of amides is 2. The van der Waals surface area contributed by atoms with Crippen LogP contribution in [0.15, 0.2) is 78.9 Å². The Morgan fingerprint density at radius 3 is 2.17 bits per heavy atom. The Balaban J connectivity index is 1.88. The van der Waals surface area contributed by atoms with Crippen molar-refractivity contribution in [3.63, 3.8) is 0 Å². The summed E-state index contributed by atoms with van der Waals surface area (Å²) < 4.78 is 31.8. The molecule has 0 heterocycles. The molecule has 0 aromatic heterocycles. The highest BCUT2D eigenvalue weighted by Gasteiger charge is 2.31. The summed E-state index contributed by atoms with van der Waals surface area (Å²) in [5.41, 5.74) is 3.43. The first-order chi connectivity index (χ1) is 20.0. The molecule has 3 aromatic rings. The van der Waals surface area contributed by atoms with Gasteiger partial charge in [-0.3, -0.25) is 13.9 Å². The smallest absolute Gasteiger partial charge is 0.243 e. The van der Waals surface area contributed by atoms with Gasteiger partial charge in [0.25, 0.3) is 0 Å². The Labute approximate surface area is 250 Å². The van der Waals surface area contributed by atoms with Gasteiger partial charge in [0, 0.05) is 32.5 Å². The molecule has 3 rings (SSSR count). The second-order valence-corrected chi connectivity index (χ2v) is 12.8. The quantitative estimate of drug-likeness (QED) is 0.269. The summed E-state index contributed by atoms with van der Waals surface area (Å²) in [5.74, 6) is 0.466. The molecule has 0 bridgehead atoms. The minimum atomic E-state index is -3.59. The zero-order valence-electron chi connectivity index (χ0n) is 25.2. The monoisotopic (exact) mass is 593 g/mol. The molecule has 0 aliphatic rings. The first-order valence-corrected chi connectivity index (χ1v) is 16.1. The average Bonchev–Trinajstić information content (AvgIpc) is 2.96. The maximum Gasteiger partial charge on any atom is 0.243 e. The van der Waals surface area contributed by atoms with Crippen molar-refractivity contribution in [3.05, 3.63) is 95.6 Å². The summed E-state index contributed by atoms with van der Waals surface area (Å²) >= 11 is 0. The minimum absolute atomic E-state index is 0.0802. The topological polar surface area (TPSA) is 96.0 Å². The number of carbonyl (C=O) groups excluding carboxylic acids is 2. The number of benzene rings is 3. The molecule has 1 N–H and O–H groups in total. The fourth-order valence-electron chi connectivity index (χ4n) is 4.70. The highest BCUT2D eigenvalue weighted by Crippen LogP contribution is 2.23. The lowest BCUT2D eigenvalue weighted by Crippen LogP contribution is -2.51. The predicted molar refractivity (Wildman–Crippen MR) is 168 cm³/mol. The molecule has 3 aromatic carbocycles. The number of sulfonamides is 1. The number of methoxy groups -OCH3 is 1. The summed E-state index contributed by atoms with van der Waals surface area (Å²) in [6, 6.07) is 23.5. The highest BCUT2D eigenvalue weighted by atomic mass is 32.2. The Morgan fingerprint density at radius 2 is 1.57 bits per heavy atom. The van der Waals surface area contributed by atoms with E-state index in [1.54, 1.807) is 36.3 Å². The molecule has 1 atom stereocenters. The van der Waals surface area contributed by atoms with Crippen LogP contribution in [0.4, 0.5) is 5.69 Å². The number of rotatable bonds is 15. The van der Waals surface area contributed by atoms with Crippen LogP contribution >= 0.6 is 0 Å². The number of anilines is 1. The standard InChI is InChI=1S/C33H43N3O5S/c1-25(2)23-34-33(38)31(22-27-13-7-6-8-14-27)35(24-28-15-10-9-12-26(28)3)32(37)16-11-21-36(42(5,39)40)29-17-19-30(41-4)20-18-29/h6-10,12-15,17-20,25,31H,11,16,21-24H2,1-5H3,(H,34,38)/t31-/m1/s1. The SMILES string of the molecule is COc1ccc(N(CCCC(=O)N(Cc2ccccc2C)[C@H](Cc2ccccc2)C(=O)NCC(C)C)S(C)(=O)=O)cc1. The average molecular weight is 594 g/mol. The van der Waals surface area contributed by atoms with Gasteiger partial charge in [-0.15, -0.1) is 0 Å². The van der Waals surface area contributed by atoms with Gasteiger partial charge in [-0.05, 0) is 60.2 Å². The fraction of sp³-hybridized carbons (Fsp3) is 0.394. The summed E-state index contributed by atoms with van der Waals surface area (Å²) in [7, 11) is -2.04. The van der Waals surface area contributed by atoms with Gasteiger partial charge in [0.15, 0.2) is 0 Å². The first kappa shape index (κ1) is 32.7. The van der Waals surface area contributed by atoms with Gasteiger partial charge >= 0.3 is 0 Å². The van der Waals surface area contributed by atoms with Crippen LogP contribution in [0, 0.1) is 12.8 Å². The van der Waals surface area contributed by atoms with Gasteiger partial charge < -0.3 is 15.0 Å². The first-order valence-electron chi connectivity index (χ1n) is 14.3. The van der Waals surface area contributed by atoms with Gasteiger partial charge in [-0.2, -0.15) is 0 Å². The molecule has 0 radical (unpaired) electrons. The number of nitrogens with one attached hydrogen (secondary N) is 1. The molecule has 226 valence electrons. The largest absolute Gasteiger partial charge is 0.497 e. The van der Waals surface area contributed by atoms with E-state index in [-0.39, 0.29) is 43.7 Å². The van der Waals surface area contributed by atoms with Crippen molar-refractivity contribution in [2.24, 2.45) is 5.92 Å². The highest BCUT2D eigenvalue weighted by molar-refractivity contribution is 7.92. The van der Waals surface area contributed by atoms with E-state index in [0.29, 0.717) is 24.4 Å². The molecule has 42 heavy (non-hydrogen) atoms. The molecule has 2 amide bonds. The number of carbonyl (C=O) groups is 2. The van der Waals surface area contributed by atoms with Gasteiger partial charge in [-0.1, -0.05) is 68.4 Å². The third kappa shape index (κ3) is 9.62. The Kier molecular flexibility index (Phi) is 12.0. The summed E-state index contributed by atoms with van der Waals surface area (Å²) in [4.78, 5) is 29.2. The third-order valence-corrected chi connectivity index (χ3v) is 8.26. The predicted octanol–water partition coefficient (Wildman–Crippen LogP) is 4.96. The van der Waals surface area contributed by atoms with E-state index in [2.05, 4.69) is 5.32 Å². The number of hydrogen-bond acceptors (Lipinski definition) is 5. The van der Waals surface area contributed by atoms with Crippen LogP contribution in [0.25, 0.3) is 0 Å². The summed E-state index contributed by atoms with van der Waals surface area (Å²) in [5, 5.41) is 3.03. The molecular formula is C33H43N3O5S. The van der Waals surface area contributed by atoms with Crippen molar-refractivity contribution in [2.45, 2.75) is 52.6 Å². The van der Waals surface area contributed by atoms with E-state index in [1.807, 2.05) is 75.4 Å². The van der Waals surface area contributed by atoms with Crippen molar-refractivity contribution < 1.29 is 22.7 Å². The van der Waals surface area contributed by atoms with Gasteiger partial charge in [0.05, 0.1) is 19.1 Å². The summed E-state index contributed by atoms with van der Waals surface area (Å²) in [6.07, 6.45) is 1.88. The maximum atomic E-state index is 13.9. The van der Waals surface area contributed by atoms with Crippen molar-refractivity contribution in [1.29, 1.82) is 0 Å². The molecule has 0 saturated carbocycles. The van der Waals surface area contributed by atoms with Crippen molar-refractivity contribution in [3.8, 4) is 5.75 Å². The second-order valence-electron chi connectivity index (χ2n) is 10.9. The normalized spacial score (nSPS) is 12.0. The lowest BCUT2D eigenvalue weighted by Gasteiger charge is -2.32. The van der Waals surface area contributed by atoms with Crippen LogP contribution in [-0.4, -0.2) is 57.6 Å². The van der Waals surface area contributed by atoms with E-state index in [1.165, 1.54) is 4.31 Å². The van der Waals surface area contributed by atoms with Crippen LogP contribution in [0.1, 0.15) is 43.4 Å². The van der Waals surface area contributed by atoms with Gasteiger partial charge in [0.2, 0.25) is 21.8 Å². The van der Waals surface area contributed by atoms with E-state index >= 15 is 0 Å². The zero-order chi connectivity index (χ0) is 30.7. The third-order valence-electron chi connectivity index (χ3n) is 7.07. The molecule has 0 aliphatic heterocycles. The van der Waals surface area contributed by atoms with Crippen molar-refractivity contribution in [2.75, 3.05) is 30.8 Å². The lowest BCUT2D eigenvalue weighted by atomic mass is 10.0. The zero-order valence-corrected chi connectivity index (χ0v) is 26.1. The molecular weight excluding hydrogens is 550 g/mol. The Hall–Kier alpha value is -3.85. The fourth-order valence-corrected chi connectivity index (χ4v) is 5.67. The molecule has 0 aliphatic carbocycles. The molecule has 9 heteroatoms. The van der Waals surface area contributed by atoms with Gasteiger partial charge in [-0.25, -0.2) is 8.42 Å². The number of hydrogen-bond donors (Lipinski definition) is 1. The molecule has 0 spiro atoms. The van der Waals surface area contributed by atoms with Crippen LogP contribution in [0.5, 0.6) is 5.75 Å². The number of aryl methyl sites for hydroxylation is 1. The summed E-state index contributed by atoms with van der Waals surface area (Å²) in [6.45, 7) is 6.94. The minimum Gasteiger partial charge on any atom is -0.497 e. The van der Waals surface area contributed by atoms with Crippen molar-refractivity contribution >= 4 is 27.5 Å². The molecule has 0 saturated heterocycles. The van der Waals surface area contributed by atoms with E-state index < -0.39 is 16.1 Å². The molecule has 0 unspecified atom stereocenters. The van der Waals surface area contributed by atoms with Crippen LogP contribution < -0.4 is 14.4 Å². The van der Waals surface area contributed by atoms with E-state index in [4.69, 9.17) is 4.74 Å². The Morgan fingerprint density at radius 1 is 0.929 bits per heavy atom. The Bertz CT molecular complexity index is 1410. The number of ether oxygens (including phenoxy) is 1. The van der Waals surface area contributed by atoms with Crippen LogP contribution in [0.3, 0.4) is 0 Å². The van der Waals surface area contributed by atoms with E-state index in [0.717, 1.165) is 22.9 Å². The molecule has 8 nitrogen and oxygen atoms in total. The number of nitrogens with zero attached hydrogens (tertiary/aromatic N) is 2. The lowest BCUT2D eigenvalue weighted by molar-refractivity contribution is -0.141. The van der Waals surface area contributed by atoms with Crippen LogP contribution in [0.2, 0.25) is 0 Å². The van der Waals surface area contributed by atoms with Crippen molar-refractivity contribution in [1.82, 2.24) is 10.2 Å². The van der Waals surface area contributed by atoms with Gasteiger partial charge in [0.1, 0.15) is 11.8 Å².